The number of H-pyrrole nitrogens is 1. The molecular formula is C22H21F3N4O3. The van der Waals surface area contributed by atoms with Gasteiger partial charge in [0.2, 0.25) is 0 Å². The zero-order valence-electron chi connectivity index (χ0n) is 17.1. The molecule has 1 aromatic heterocycles. The lowest BCUT2D eigenvalue weighted by Crippen LogP contribution is -2.40. The fourth-order valence-corrected chi connectivity index (χ4v) is 3.72. The standard InChI is InChI=1S/C20H20N4O.C2HF3O2/c1-12(13-5-3-2-4-6-13)24-11-15-9-16-18(10-17(15)21-20(24)25)22-23-19(16)14-7-8-14;3-2(4,5)1(6)7/h2-6,9-10,12,14H,7-8,11H2,1H3,(H,21,25)(H,22,23);(H,6,7)/t12-;/m1./s1. The van der Waals surface area contributed by atoms with Gasteiger partial charge in [-0.1, -0.05) is 30.3 Å². The summed E-state index contributed by atoms with van der Waals surface area (Å²) >= 11 is 0. The smallest absolute Gasteiger partial charge is 0.475 e. The zero-order chi connectivity index (χ0) is 23.0. The second kappa shape index (κ2) is 8.18. The van der Waals surface area contributed by atoms with Gasteiger partial charge >= 0.3 is 18.2 Å². The van der Waals surface area contributed by atoms with Crippen LogP contribution in [0.1, 0.15) is 48.5 Å². The number of urea groups is 1. The molecule has 0 spiro atoms. The zero-order valence-corrected chi connectivity index (χ0v) is 17.1. The number of carbonyl (C=O) groups is 2. The molecule has 3 aromatic rings. The van der Waals surface area contributed by atoms with Crippen LogP contribution < -0.4 is 5.32 Å². The second-order valence-corrected chi connectivity index (χ2v) is 7.89. The Kier molecular flexibility index (Phi) is 5.53. The van der Waals surface area contributed by atoms with Gasteiger partial charge in [0.05, 0.1) is 18.1 Å². The summed E-state index contributed by atoms with van der Waals surface area (Å²) in [4.78, 5) is 23.4. The number of hydrogen-bond acceptors (Lipinski definition) is 3. The summed E-state index contributed by atoms with van der Waals surface area (Å²) in [7, 11) is 0. The normalized spacial score (nSPS) is 16.6. The summed E-state index contributed by atoms with van der Waals surface area (Å²) in [5.41, 5.74) is 5.35. The Hall–Kier alpha value is -3.56. The van der Waals surface area contributed by atoms with E-state index >= 15 is 0 Å². The van der Waals surface area contributed by atoms with E-state index < -0.39 is 12.1 Å². The van der Waals surface area contributed by atoms with Crippen LogP contribution in [-0.4, -0.2) is 38.4 Å². The fraction of sp³-hybridized carbons (Fsp3) is 0.318. The van der Waals surface area contributed by atoms with E-state index in [1.807, 2.05) is 29.2 Å². The van der Waals surface area contributed by atoms with Gasteiger partial charge in [0.15, 0.2) is 0 Å². The SMILES string of the molecule is C[C@H](c1ccccc1)N1Cc2cc3c(C4CC4)[nH]nc3cc2NC1=O.O=C(O)C(F)(F)F. The van der Waals surface area contributed by atoms with Crippen LogP contribution in [0.25, 0.3) is 10.9 Å². The van der Waals surface area contributed by atoms with Crippen LogP contribution in [0.3, 0.4) is 0 Å². The van der Waals surface area contributed by atoms with Crippen LogP contribution in [0.4, 0.5) is 23.7 Å². The molecule has 2 amide bonds. The van der Waals surface area contributed by atoms with Crippen molar-refractivity contribution >= 4 is 28.6 Å². The van der Waals surface area contributed by atoms with Crippen molar-refractivity contribution in [1.29, 1.82) is 0 Å². The Morgan fingerprint density at radius 1 is 1.22 bits per heavy atom. The monoisotopic (exact) mass is 446 g/mol. The number of halogens is 3. The summed E-state index contributed by atoms with van der Waals surface area (Å²) in [6.07, 6.45) is -2.61. The molecule has 3 N–H and O–H groups in total. The Morgan fingerprint density at radius 2 is 1.88 bits per heavy atom. The number of rotatable bonds is 3. The van der Waals surface area contributed by atoms with Crippen LogP contribution in [0.2, 0.25) is 0 Å². The minimum atomic E-state index is -5.08. The lowest BCUT2D eigenvalue weighted by atomic mass is 10.0. The molecule has 7 nitrogen and oxygen atoms in total. The van der Waals surface area contributed by atoms with Crippen molar-refractivity contribution < 1.29 is 27.9 Å². The van der Waals surface area contributed by atoms with Crippen molar-refractivity contribution in [3.05, 3.63) is 59.3 Å². The molecule has 5 rings (SSSR count). The number of amides is 2. The molecule has 1 aliphatic heterocycles. The number of carboxylic acid groups (broad SMARTS) is 1. The summed E-state index contributed by atoms with van der Waals surface area (Å²) in [5, 5.41) is 19.0. The van der Waals surface area contributed by atoms with Gasteiger partial charge in [-0.15, -0.1) is 0 Å². The van der Waals surface area contributed by atoms with E-state index in [9.17, 15) is 18.0 Å². The maximum Gasteiger partial charge on any atom is 0.490 e. The van der Waals surface area contributed by atoms with Gasteiger partial charge < -0.3 is 15.3 Å². The molecule has 0 radical (unpaired) electrons. The fourth-order valence-electron chi connectivity index (χ4n) is 3.72. The first kappa shape index (κ1) is 21.7. The van der Waals surface area contributed by atoms with Crippen molar-refractivity contribution in [2.24, 2.45) is 0 Å². The topological polar surface area (TPSA) is 98.3 Å². The van der Waals surface area contributed by atoms with Crippen LogP contribution in [-0.2, 0) is 11.3 Å². The Morgan fingerprint density at radius 3 is 2.47 bits per heavy atom. The molecule has 1 aliphatic carbocycles. The van der Waals surface area contributed by atoms with Crippen molar-refractivity contribution in [1.82, 2.24) is 15.1 Å². The maximum atomic E-state index is 12.6. The lowest BCUT2D eigenvalue weighted by molar-refractivity contribution is -0.192. The molecule has 1 saturated carbocycles. The van der Waals surface area contributed by atoms with E-state index in [4.69, 9.17) is 9.90 Å². The van der Waals surface area contributed by atoms with E-state index in [1.54, 1.807) is 0 Å². The van der Waals surface area contributed by atoms with Crippen molar-refractivity contribution in [2.45, 2.75) is 44.4 Å². The largest absolute Gasteiger partial charge is 0.490 e. The van der Waals surface area contributed by atoms with Gasteiger partial charge in [-0.05, 0) is 43.0 Å². The Balaban J connectivity index is 0.000000307. The molecule has 168 valence electrons. The van der Waals surface area contributed by atoms with Gasteiger partial charge in [0, 0.05) is 22.7 Å². The van der Waals surface area contributed by atoms with E-state index in [2.05, 4.69) is 40.6 Å². The highest BCUT2D eigenvalue weighted by Crippen LogP contribution is 2.43. The molecule has 32 heavy (non-hydrogen) atoms. The van der Waals surface area contributed by atoms with Crippen molar-refractivity contribution in [3.63, 3.8) is 0 Å². The third-order valence-corrected chi connectivity index (χ3v) is 5.63. The van der Waals surface area contributed by atoms with Crippen LogP contribution in [0, 0.1) is 0 Å². The molecule has 0 unspecified atom stereocenters. The van der Waals surface area contributed by atoms with E-state index in [-0.39, 0.29) is 12.1 Å². The highest BCUT2D eigenvalue weighted by Gasteiger charge is 2.38. The number of alkyl halides is 3. The quantitative estimate of drug-likeness (QED) is 0.516. The third-order valence-electron chi connectivity index (χ3n) is 5.63. The molecule has 10 heteroatoms. The molecule has 2 heterocycles. The average molecular weight is 446 g/mol. The summed E-state index contributed by atoms with van der Waals surface area (Å²) in [6.45, 7) is 2.69. The molecule has 2 aromatic carbocycles. The number of carbonyl (C=O) groups excluding carboxylic acids is 1. The molecule has 1 atom stereocenters. The number of anilines is 1. The first-order valence-corrected chi connectivity index (χ1v) is 10.1. The highest BCUT2D eigenvalue weighted by atomic mass is 19.4. The first-order valence-electron chi connectivity index (χ1n) is 10.1. The van der Waals surface area contributed by atoms with Crippen molar-refractivity contribution in [2.75, 3.05) is 5.32 Å². The van der Waals surface area contributed by atoms with E-state index in [0.717, 1.165) is 22.3 Å². The first-order chi connectivity index (χ1) is 15.1. The van der Waals surface area contributed by atoms with E-state index in [0.29, 0.717) is 12.5 Å². The number of carboxylic acids is 1. The van der Waals surface area contributed by atoms with Crippen LogP contribution >= 0.6 is 0 Å². The number of hydrogen-bond donors (Lipinski definition) is 3. The number of nitrogens with zero attached hydrogens (tertiary/aromatic N) is 2. The summed E-state index contributed by atoms with van der Waals surface area (Å²) < 4.78 is 31.7. The van der Waals surface area contributed by atoms with Gasteiger partial charge in [-0.2, -0.15) is 18.3 Å². The van der Waals surface area contributed by atoms with E-state index in [1.165, 1.54) is 23.9 Å². The molecule has 1 fully saturated rings. The summed E-state index contributed by atoms with van der Waals surface area (Å²) in [5.74, 6) is -2.13. The second-order valence-electron chi connectivity index (χ2n) is 7.89. The van der Waals surface area contributed by atoms with Gasteiger partial charge in [-0.25, -0.2) is 9.59 Å². The third kappa shape index (κ3) is 4.39. The predicted molar refractivity (Wildman–Crippen MR) is 111 cm³/mol. The number of nitrogens with one attached hydrogen (secondary N) is 2. The molecule has 2 aliphatic rings. The Labute approximate surface area is 181 Å². The van der Waals surface area contributed by atoms with Crippen molar-refractivity contribution in [3.8, 4) is 0 Å². The molecule has 0 saturated heterocycles. The number of benzene rings is 2. The number of aromatic nitrogens is 2. The van der Waals surface area contributed by atoms with Crippen LogP contribution in [0.15, 0.2) is 42.5 Å². The number of fused-ring (bicyclic) bond motifs is 2. The van der Waals surface area contributed by atoms with Gasteiger partial charge in [-0.3, -0.25) is 5.10 Å². The number of aliphatic carboxylic acids is 1. The Bertz CT molecular complexity index is 1160. The number of aromatic amines is 1. The van der Waals surface area contributed by atoms with Crippen LogP contribution in [0.5, 0.6) is 0 Å². The average Bonchev–Trinajstić information content (AvgIpc) is 3.52. The summed E-state index contributed by atoms with van der Waals surface area (Å²) in [6, 6.07) is 14.3. The minimum absolute atomic E-state index is 0.0253. The minimum Gasteiger partial charge on any atom is -0.475 e. The molecular weight excluding hydrogens is 425 g/mol. The lowest BCUT2D eigenvalue weighted by Gasteiger charge is -2.34. The van der Waals surface area contributed by atoms with Gasteiger partial charge in [0.25, 0.3) is 0 Å². The van der Waals surface area contributed by atoms with Gasteiger partial charge in [0.1, 0.15) is 0 Å². The highest BCUT2D eigenvalue weighted by molar-refractivity contribution is 5.97. The predicted octanol–water partition coefficient (Wildman–Crippen LogP) is 5.18. The molecule has 0 bridgehead atoms. The maximum absolute atomic E-state index is 12.6.